The molecule has 1 aliphatic carbocycles. The quantitative estimate of drug-likeness (QED) is 0.620. The fourth-order valence-corrected chi connectivity index (χ4v) is 4.87. The minimum Gasteiger partial charge on any atom is -0.372 e. The molecular weight excluding hydrogens is 279 g/mol. The van der Waals surface area contributed by atoms with Gasteiger partial charge in [0.2, 0.25) is 0 Å². The lowest BCUT2D eigenvalue weighted by molar-refractivity contribution is -0.0771. The van der Waals surface area contributed by atoms with Gasteiger partial charge in [0.15, 0.2) is 0 Å². The van der Waals surface area contributed by atoms with Crippen molar-refractivity contribution in [1.29, 1.82) is 0 Å². The van der Waals surface area contributed by atoms with E-state index in [2.05, 4.69) is 13.8 Å². The monoisotopic (exact) mass is 306 g/mol. The second-order valence-electron chi connectivity index (χ2n) is 7.01. The SMILES string of the molecule is CC(C)C(CCl)(CCl)CC1CCC2(CCCCC2)O1. The van der Waals surface area contributed by atoms with E-state index >= 15 is 0 Å². The highest BCUT2D eigenvalue weighted by Gasteiger charge is 2.44. The third-order valence-corrected chi connectivity index (χ3v) is 6.56. The van der Waals surface area contributed by atoms with Crippen LogP contribution in [0.25, 0.3) is 0 Å². The van der Waals surface area contributed by atoms with Gasteiger partial charge in [0, 0.05) is 17.2 Å². The van der Waals surface area contributed by atoms with Crippen LogP contribution in [0.5, 0.6) is 0 Å². The molecule has 1 saturated carbocycles. The van der Waals surface area contributed by atoms with E-state index in [9.17, 15) is 0 Å². The predicted molar refractivity (Wildman–Crippen MR) is 83.3 cm³/mol. The first-order chi connectivity index (χ1) is 9.06. The van der Waals surface area contributed by atoms with Crippen LogP contribution in [0.1, 0.15) is 65.2 Å². The van der Waals surface area contributed by atoms with E-state index in [1.165, 1.54) is 44.9 Å². The molecule has 0 amide bonds. The Bertz CT molecular complexity index is 280. The summed E-state index contributed by atoms with van der Waals surface area (Å²) in [5, 5.41) is 0. The normalized spacial score (nSPS) is 27.3. The molecule has 19 heavy (non-hydrogen) atoms. The summed E-state index contributed by atoms with van der Waals surface area (Å²) in [4.78, 5) is 0. The summed E-state index contributed by atoms with van der Waals surface area (Å²) in [6.45, 7) is 4.46. The molecule has 1 heterocycles. The Morgan fingerprint density at radius 3 is 2.26 bits per heavy atom. The van der Waals surface area contributed by atoms with Crippen LogP contribution in [0.4, 0.5) is 0 Å². The van der Waals surface area contributed by atoms with E-state index < -0.39 is 0 Å². The molecule has 0 aromatic carbocycles. The highest BCUT2D eigenvalue weighted by molar-refractivity contribution is 6.21. The van der Waals surface area contributed by atoms with Crippen LogP contribution in [0.2, 0.25) is 0 Å². The fourth-order valence-electron chi connectivity index (χ4n) is 3.75. The van der Waals surface area contributed by atoms with Crippen molar-refractivity contribution in [1.82, 2.24) is 0 Å². The Kier molecular flexibility index (Phi) is 5.48. The molecule has 2 rings (SSSR count). The average molecular weight is 307 g/mol. The van der Waals surface area contributed by atoms with E-state index in [4.69, 9.17) is 27.9 Å². The molecule has 1 saturated heterocycles. The first-order valence-electron chi connectivity index (χ1n) is 7.86. The molecule has 1 unspecified atom stereocenters. The van der Waals surface area contributed by atoms with E-state index in [-0.39, 0.29) is 11.0 Å². The third kappa shape index (κ3) is 3.41. The van der Waals surface area contributed by atoms with Gasteiger partial charge in [0.05, 0.1) is 11.7 Å². The summed E-state index contributed by atoms with van der Waals surface area (Å²) in [7, 11) is 0. The zero-order chi connectivity index (χ0) is 13.9. The third-order valence-electron chi connectivity index (χ3n) is 5.49. The number of rotatable bonds is 5. The van der Waals surface area contributed by atoms with Crippen LogP contribution >= 0.6 is 23.2 Å². The van der Waals surface area contributed by atoms with Gasteiger partial charge in [0.25, 0.3) is 0 Å². The minimum atomic E-state index is 0.0357. The highest BCUT2D eigenvalue weighted by atomic mass is 35.5. The van der Waals surface area contributed by atoms with E-state index in [1.54, 1.807) is 0 Å². The van der Waals surface area contributed by atoms with Crippen LogP contribution in [0.3, 0.4) is 0 Å². The predicted octanol–water partition coefficient (Wildman–Crippen LogP) is 5.38. The lowest BCUT2D eigenvalue weighted by Crippen LogP contribution is -2.37. The molecule has 0 bridgehead atoms. The number of halogens is 2. The summed E-state index contributed by atoms with van der Waals surface area (Å²) in [6, 6.07) is 0. The van der Waals surface area contributed by atoms with Gasteiger partial charge < -0.3 is 4.74 Å². The fraction of sp³-hybridized carbons (Fsp3) is 1.00. The molecular formula is C16H28Cl2O. The van der Waals surface area contributed by atoms with Gasteiger partial charge >= 0.3 is 0 Å². The standard InChI is InChI=1S/C16H28Cl2O/c1-13(2)15(11-17,12-18)10-14-6-9-16(19-14)7-4-3-5-8-16/h13-14H,3-12H2,1-2H3. The summed E-state index contributed by atoms with van der Waals surface area (Å²) < 4.78 is 6.48. The number of ether oxygens (including phenoxy) is 1. The van der Waals surface area contributed by atoms with Crippen LogP contribution in [-0.4, -0.2) is 23.5 Å². The molecule has 0 aromatic heterocycles. The average Bonchev–Trinajstić information content (AvgIpc) is 2.79. The Hall–Kier alpha value is 0.540. The molecule has 112 valence electrons. The molecule has 1 atom stereocenters. The van der Waals surface area contributed by atoms with Crippen LogP contribution in [0, 0.1) is 11.3 Å². The van der Waals surface area contributed by atoms with Crippen molar-refractivity contribution in [3.05, 3.63) is 0 Å². The Labute approximate surface area is 128 Å². The van der Waals surface area contributed by atoms with Crippen molar-refractivity contribution in [2.75, 3.05) is 11.8 Å². The molecule has 0 N–H and O–H groups in total. The van der Waals surface area contributed by atoms with Crippen molar-refractivity contribution >= 4 is 23.2 Å². The van der Waals surface area contributed by atoms with Crippen LogP contribution in [0.15, 0.2) is 0 Å². The molecule has 2 aliphatic rings. The van der Waals surface area contributed by atoms with Crippen molar-refractivity contribution < 1.29 is 4.74 Å². The van der Waals surface area contributed by atoms with Crippen molar-refractivity contribution in [2.45, 2.75) is 76.9 Å². The van der Waals surface area contributed by atoms with Gasteiger partial charge in [-0.2, -0.15) is 0 Å². The highest BCUT2D eigenvalue weighted by Crippen LogP contribution is 2.46. The number of hydrogen-bond acceptors (Lipinski definition) is 1. The van der Waals surface area contributed by atoms with Gasteiger partial charge in [-0.1, -0.05) is 33.1 Å². The Morgan fingerprint density at radius 2 is 1.74 bits per heavy atom. The van der Waals surface area contributed by atoms with Crippen molar-refractivity contribution in [2.24, 2.45) is 11.3 Å². The summed E-state index contributed by atoms with van der Waals surface area (Å²) in [6.07, 6.45) is 10.4. The van der Waals surface area contributed by atoms with Crippen LogP contribution < -0.4 is 0 Å². The Morgan fingerprint density at radius 1 is 1.11 bits per heavy atom. The van der Waals surface area contributed by atoms with E-state index in [0.717, 1.165) is 6.42 Å². The van der Waals surface area contributed by atoms with E-state index in [0.29, 0.717) is 23.8 Å². The van der Waals surface area contributed by atoms with Gasteiger partial charge in [-0.05, 0) is 38.0 Å². The molecule has 3 heteroatoms. The summed E-state index contributed by atoms with van der Waals surface area (Å²) in [5.74, 6) is 1.79. The molecule has 0 radical (unpaired) electrons. The van der Waals surface area contributed by atoms with Gasteiger partial charge in [-0.3, -0.25) is 0 Å². The molecule has 0 aromatic rings. The topological polar surface area (TPSA) is 9.23 Å². The zero-order valence-corrected chi connectivity index (χ0v) is 13.9. The Balaban J connectivity index is 1.96. The zero-order valence-electron chi connectivity index (χ0n) is 12.4. The van der Waals surface area contributed by atoms with Crippen molar-refractivity contribution in [3.63, 3.8) is 0 Å². The number of alkyl halides is 2. The first-order valence-corrected chi connectivity index (χ1v) is 8.92. The van der Waals surface area contributed by atoms with Crippen molar-refractivity contribution in [3.8, 4) is 0 Å². The van der Waals surface area contributed by atoms with Crippen LogP contribution in [-0.2, 0) is 4.74 Å². The molecule has 1 spiro atoms. The summed E-state index contributed by atoms with van der Waals surface area (Å²) >= 11 is 12.5. The largest absolute Gasteiger partial charge is 0.372 e. The molecule has 1 nitrogen and oxygen atoms in total. The first kappa shape index (κ1) is 15.9. The summed E-state index contributed by atoms with van der Waals surface area (Å²) in [5.41, 5.74) is 0.248. The maximum atomic E-state index is 6.48. The lowest BCUT2D eigenvalue weighted by Gasteiger charge is -2.38. The molecule has 2 fully saturated rings. The van der Waals surface area contributed by atoms with Gasteiger partial charge in [-0.15, -0.1) is 23.2 Å². The molecule has 1 aliphatic heterocycles. The smallest absolute Gasteiger partial charge is 0.0687 e. The minimum absolute atomic E-state index is 0.0357. The maximum Gasteiger partial charge on any atom is 0.0687 e. The second-order valence-corrected chi connectivity index (χ2v) is 7.55. The second kappa shape index (κ2) is 6.54. The van der Waals surface area contributed by atoms with E-state index in [1.807, 2.05) is 0 Å². The van der Waals surface area contributed by atoms with Gasteiger partial charge in [0.1, 0.15) is 0 Å². The lowest BCUT2D eigenvalue weighted by atomic mass is 9.76. The number of hydrogen-bond donors (Lipinski definition) is 0. The van der Waals surface area contributed by atoms with Gasteiger partial charge in [-0.25, -0.2) is 0 Å². The maximum absolute atomic E-state index is 6.48.